The van der Waals surface area contributed by atoms with Gasteiger partial charge in [0.15, 0.2) is 10.1 Å². The molecule has 0 atom stereocenters. The molecule has 1 rings (SSSR count). The van der Waals surface area contributed by atoms with Crippen LogP contribution in [0.25, 0.3) is 0 Å². The Balaban J connectivity index is 3.06. The quantitative estimate of drug-likeness (QED) is 0.566. The Labute approximate surface area is 100 Å². The normalized spacial score (nSPS) is 12.6. The van der Waals surface area contributed by atoms with Crippen LogP contribution < -0.4 is 0 Å². The standard InChI is InChI=1S/C12H14Cl2O/c1-11(2,3)12(13,14)10(15)9-7-5-4-6-8-9/h4-8H,1-3H3. The number of halogens is 2. The van der Waals surface area contributed by atoms with Gasteiger partial charge in [-0.25, -0.2) is 0 Å². The number of hydrogen-bond donors (Lipinski definition) is 0. The summed E-state index contributed by atoms with van der Waals surface area (Å²) in [6, 6.07) is 8.86. The highest BCUT2D eigenvalue weighted by molar-refractivity contribution is 6.60. The molecule has 0 fully saturated rings. The topological polar surface area (TPSA) is 17.1 Å². The van der Waals surface area contributed by atoms with Crippen molar-refractivity contribution in [3.05, 3.63) is 35.9 Å². The molecule has 0 amide bonds. The summed E-state index contributed by atoms with van der Waals surface area (Å²) in [6.07, 6.45) is 0. The van der Waals surface area contributed by atoms with Gasteiger partial charge < -0.3 is 0 Å². The molecular weight excluding hydrogens is 231 g/mol. The fraction of sp³-hybridized carbons (Fsp3) is 0.417. The molecule has 0 spiro atoms. The summed E-state index contributed by atoms with van der Waals surface area (Å²) in [4.78, 5) is 12.0. The van der Waals surface area contributed by atoms with Gasteiger partial charge in [-0.15, -0.1) is 0 Å². The van der Waals surface area contributed by atoms with Crippen LogP contribution in [0.5, 0.6) is 0 Å². The maximum atomic E-state index is 12.0. The lowest BCUT2D eigenvalue weighted by atomic mass is 9.86. The number of hydrogen-bond acceptors (Lipinski definition) is 1. The molecule has 0 heterocycles. The second kappa shape index (κ2) is 4.15. The van der Waals surface area contributed by atoms with E-state index in [1.165, 1.54) is 0 Å². The van der Waals surface area contributed by atoms with Crippen molar-refractivity contribution in [3.63, 3.8) is 0 Å². The van der Waals surface area contributed by atoms with Crippen molar-refractivity contribution in [2.75, 3.05) is 0 Å². The highest BCUT2D eigenvalue weighted by Crippen LogP contribution is 2.42. The van der Waals surface area contributed by atoms with E-state index in [0.717, 1.165) is 0 Å². The van der Waals surface area contributed by atoms with Gasteiger partial charge in [-0.05, 0) is 0 Å². The highest BCUT2D eigenvalue weighted by atomic mass is 35.5. The second-order valence-electron chi connectivity index (χ2n) is 4.52. The molecule has 82 valence electrons. The lowest BCUT2D eigenvalue weighted by Crippen LogP contribution is -2.39. The van der Waals surface area contributed by atoms with Crippen LogP contribution in [-0.2, 0) is 0 Å². The van der Waals surface area contributed by atoms with E-state index in [4.69, 9.17) is 23.2 Å². The minimum Gasteiger partial charge on any atom is -0.291 e. The first kappa shape index (κ1) is 12.5. The van der Waals surface area contributed by atoms with Crippen molar-refractivity contribution in [1.29, 1.82) is 0 Å². The molecule has 1 aromatic carbocycles. The zero-order valence-corrected chi connectivity index (χ0v) is 10.6. The molecule has 0 aliphatic heterocycles. The minimum absolute atomic E-state index is 0.251. The molecule has 0 N–H and O–H groups in total. The molecule has 3 heteroatoms. The van der Waals surface area contributed by atoms with Gasteiger partial charge >= 0.3 is 0 Å². The van der Waals surface area contributed by atoms with Gasteiger partial charge in [0.2, 0.25) is 0 Å². The maximum absolute atomic E-state index is 12.0. The van der Waals surface area contributed by atoms with Gasteiger partial charge in [-0.2, -0.15) is 0 Å². The third kappa shape index (κ3) is 2.53. The Kier molecular flexibility index (Phi) is 3.47. The van der Waals surface area contributed by atoms with E-state index in [-0.39, 0.29) is 5.78 Å². The zero-order chi connectivity index (χ0) is 11.7. The second-order valence-corrected chi connectivity index (χ2v) is 5.85. The Hall–Kier alpha value is -0.530. The van der Waals surface area contributed by atoms with Crippen LogP contribution in [0.15, 0.2) is 30.3 Å². The van der Waals surface area contributed by atoms with Crippen LogP contribution in [0.1, 0.15) is 31.1 Å². The van der Waals surface area contributed by atoms with Crippen molar-refractivity contribution < 1.29 is 4.79 Å². The molecule has 0 aliphatic carbocycles. The van der Waals surface area contributed by atoms with Gasteiger partial charge in [0.05, 0.1) is 0 Å². The first-order valence-corrected chi connectivity index (χ1v) is 5.50. The third-order valence-corrected chi connectivity index (χ3v) is 3.74. The average Bonchev–Trinajstić information content (AvgIpc) is 2.16. The Bertz CT molecular complexity index is 350. The zero-order valence-electron chi connectivity index (χ0n) is 9.05. The molecule has 0 aromatic heterocycles. The Morgan fingerprint density at radius 3 is 1.93 bits per heavy atom. The molecule has 1 aromatic rings. The first-order valence-electron chi connectivity index (χ1n) is 4.74. The van der Waals surface area contributed by atoms with E-state index in [2.05, 4.69) is 0 Å². The van der Waals surface area contributed by atoms with E-state index < -0.39 is 9.75 Å². The van der Waals surface area contributed by atoms with Gasteiger partial charge in [-0.1, -0.05) is 74.3 Å². The fourth-order valence-corrected chi connectivity index (χ4v) is 1.33. The summed E-state index contributed by atoms with van der Waals surface area (Å²) < 4.78 is -1.39. The van der Waals surface area contributed by atoms with Crippen molar-refractivity contribution in [2.45, 2.75) is 25.1 Å². The molecule has 0 bridgehead atoms. The number of ketones is 1. The van der Waals surface area contributed by atoms with Crippen LogP contribution in [0.3, 0.4) is 0 Å². The van der Waals surface area contributed by atoms with E-state index in [0.29, 0.717) is 5.56 Å². The Morgan fingerprint density at radius 2 is 1.53 bits per heavy atom. The van der Waals surface area contributed by atoms with Crippen LogP contribution >= 0.6 is 23.2 Å². The van der Waals surface area contributed by atoms with Crippen LogP contribution in [0, 0.1) is 5.41 Å². The summed E-state index contributed by atoms with van der Waals surface area (Å²) in [5.41, 5.74) is 0.0423. The fourth-order valence-electron chi connectivity index (χ4n) is 1.11. The number of carbonyl (C=O) groups excluding carboxylic acids is 1. The smallest absolute Gasteiger partial charge is 0.199 e. The van der Waals surface area contributed by atoms with Gasteiger partial charge in [0.25, 0.3) is 0 Å². The van der Waals surface area contributed by atoms with E-state index in [1.54, 1.807) is 24.3 Å². The molecule has 0 saturated heterocycles. The minimum atomic E-state index is -1.39. The molecule has 0 radical (unpaired) electrons. The van der Waals surface area contributed by atoms with E-state index in [9.17, 15) is 4.79 Å². The van der Waals surface area contributed by atoms with E-state index in [1.807, 2.05) is 26.8 Å². The predicted octanol–water partition coefficient (Wildman–Crippen LogP) is 4.09. The van der Waals surface area contributed by atoms with Crippen molar-refractivity contribution in [2.24, 2.45) is 5.41 Å². The molecule has 0 aliphatic rings. The predicted molar refractivity (Wildman–Crippen MR) is 64.7 cm³/mol. The lowest BCUT2D eigenvalue weighted by Gasteiger charge is -2.32. The molecular formula is C12H14Cl2O. The molecule has 0 saturated carbocycles. The first-order chi connectivity index (χ1) is 6.77. The SMILES string of the molecule is CC(C)(C)C(Cl)(Cl)C(=O)c1ccccc1. The number of rotatable bonds is 2. The summed E-state index contributed by atoms with van der Waals surface area (Å²) in [6.45, 7) is 5.52. The summed E-state index contributed by atoms with van der Waals surface area (Å²) in [5.74, 6) is -0.251. The number of alkyl halides is 2. The van der Waals surface area contributed by atoms with Crippen LogP contribution in [-0.4, -0.2) is 10.1 Å². The van der Waals surface area contributed by atoms with Gasteiger partial charge in [-0.3, -0.25) is 4.79 Å². The highest BCUT2D eigenvalue weighted by Gasteiger charge is 2.45. The number of Topliss-reactive ketones (excluding diaryl/α,β-unsaturated/α-hetero) is 1. The van der Waals surface area contributed by atoms with Crippen molar-refractivity contribution in [1.82, 2.24) is 0 Å². The maximum Gasteiger partial charge on any atom is 0.199 e. The monoisotopic (exact) mass is 244 g/mol. The summed E-state index contributed by atoms with van der Waals surface area (Å²) in [7, 11) is 0. The van der Waals surface area contributed by atoms with Gasteiger partial charge in [0.1, 0.15) is 0 Å². The summed E-state index contributed by atoms with van der Waals surface area (Å²) in [5, 5.41) is 0. The van der Waals surface area contributed by atoms with Crippen LogP contribution in [0.4, 0.5) is 0 Å². The van der Waals surface area contributed by atoms with Gasteiger partial charge in [0, 0.05) is 11.0 Å². The molecule has 1 nitrogen and oxygen atoms in total. The third-order valence-electron chi connectivity index (χ3n) is 2.26. The van der Waals surface area contributed by atoms with Crippen molar-refractivity contribution in [3.8, 4) is 0 Å². The lowest BCUT2D eigenvalue weighted by molar-refractivity contribution is 0.0921. The Morgan fingerprint density at radius 1 is 1.07 bits per heavy atom. The van der Waals surface area contributed by atoms with Crippen molar-refractivity contribution >= 4 is 29.0 Å². The average molecular weight is 245 g/mol. The number of benzene rings is 1. The van der Waals surface area contributed by atoms with E-state index >= 15 is 0 Å². The molecule has 0 unspecified atom stereocenters. The van der Waals surface area contributed by atoms with Crippen LogP contribution in [0.2, 0.25) is 0 Å². The largest absolute Gasteiger partial charge is 0.291 e. The number of carbonyl (C=O) groups is 1. The molecule has 15 heavy (non-hydrogen) atoms. The summed E-state index contributed by atoms with van der Waals surface area (Å²) >= 11 is 12.2.